The largest absolute Gasteiger partial charge is 0.343 e. The maximum atomic E-state index is 12.2. The summed E-state index contributed by atoms with van der Waals surface area (Å²) in [5, 5.41) is 1.22. The molecule has 1 aromatic carbocycles. The lowest BCUT2D eigenvalue weighted by atomic mass is 9.89. The Morgan fingerprint density at radius 2 is 1.91 bits per heavy atom. The van der Waals surface area contributed by atoms with E-state index in [1.807, 2.05) is 12.3 Å². The Bertz CT molecular complexity index is 700. The first kappa shape index (κ1) is 14.7. The quantitative estimate of drug-likeness (QED) is 0.860. The van der Waals surface area contributed by atoms with Gasteiger partial charge in [-0.25, -0.2) is 0 Å². The number of likely N-dealkylation sites (tertiary alicyclic amines) is 1. The third-order valence-corrected chi connectivity index (χ3v) is 5.32. The molecule has 0 N–H and O–H groups in total. The molecule has 4 rings (SSSR count). The van der Waals surface area contributed by atoms with Crippen molar-refractivity contribution in [2.75, 3.05) is 13.1 Å². The van der Waals surface area contributed by atoms with E-state index in [4.69, 9.17) is 0 Å². The van der Waals surface area contributed by atoms with Gasteiger partial charge in [0.15, 0.2) is 0 Å². The molecule has 2 heterocycles. The van der Waals surface area contributed by atoms with Crippen molar-refractivity contribution >= 4 is 16.8 Å². The molecule has 0 spiro atoms. The van der Waals surface area contributed by atoms with Crippen molar-refractivity contribution in [3.63, 3.8) is 0 Å². The zero-order chi connectivity index (χ0) is 15.6. The molecule has 1 aliphatic heterocycles. The van der Waals surface area contributed by atoms with Crippen LogP contribution < -0.4 is 0 Å². The average Bonchev–Trinajstić information content (AvgIpc) is 3.39. The van der Waals surface area contributed by atoms with Crippen LogP contribution in [-0.4, -0.2) is 28.9 Å². The molecule has 1 aliphatic carbocycles. The number of nitrogens with zero attached hydrogens (tertiary/aromatic N) is 2. The van der Waals surface area contributed by atoms with Gasteiger partial charge in [0.1, 0.15) is 0 Å². The summed E-state index contributed by atoms with van der Waals surface area (Å²) >= 11 is 0. The van der Waals surface area contributed by atoms with Crippen LogP contribution in [0.2, 0.25) is 0 Å². The Labute approximate surface area is 137 Å². The summed E-state index contributed by atoms with van der Waals surface area (Å²) in [4.78, 5) is 18.7. The van der Waals surface area contributed by atoms with E-state index in [0.717, 1.165) is 44.3 Å². The van der Waals surface area contributed by atoms with Gasteiger partial charge in [-0.05, 0) is 67.7 Å². The summed E-state index contributed by atoms with van der Waals surface area (Å²) in [6.07, 6.45) is 8.56. The van der Waals surface area contributed by atoms with Crippen molar-refractivity contribution in [3.05, 3.63) is 42.1 Å². The Hall–Kier alpha value is -1.90. The van der Waals surface area contributed by atoms with Gasteiger partial charge in [0.25, 0.3) is 0 Å². The van der Waals surface area contributed by atoms with Crippen LogP contribution in [0.1, 0.15) is 37.7 Å². The molecular formula is C20H24N2O. The zero-order valence-electron chi connectivity index (χ0n) is 13.6. The molecule has 0 radical (unpaired) electrons. The van der Waals surface area contributed by atoms with Crippen molar-refractivity contribution in [2.45, 2.75) is 38.5 Å². The van der Waals surface area contributed by atoms with Crippen molar-refractivity contribution in [1.82, 2.24) is 9.88 Å². The fourth-order valence-corrected chi connectivity index (χ4v) is 3.67. The Kier molecular flexibility index (Phi) is 4.02. The SMILES string of the molecule is O=C(CC1CC1)N1CCC(Cc2ccc3ncccc3c2)CC1. The van der Waals surface area contributed by atoms with E-state index >= 15 is 0 Å². The van der Waals surface area contributed by atoms with Gasteiger partial charge in [0.2, 0.25) is 5.91 Å². The molecule has 1 amide bonds. The molecule has 0 bridgehead atoms. The molecule has 1 saturated heterocycles. The lowest BCUT2D eigenvalue weighted by molar-refractivity contribution is -0.132. The van der Waals surface area contributed by atoms with Gasteiger partial charge < -0.3 is 4.90 Å². The van der Waals surface area contributed by atoms with Crippen LogP contribution >= 0.6 is 0 Å². The first-order valence-corrected chi connectivity index (χ1v) is 8.89. The van der Waals surface area contributed by atoms with E-state index in [0.29, 0.717) is 17.7 Å². The van der Waals surface area contributed by atoms with Crippen molar-refractivity contribution in [1.29, 1.82) is 0 Å². The number of carbonyl (C=O) groups is 1. The molecule has 120 valence electrons. The number of carbonyl (C=O) groups excluding carboxylic acids is 1. The lowest BCUT2D eigenvalue weighted by Gasteiger charge is -2.32. The predicted octanol–water partition coefficient (Wildman–Crippen LogP) is 3.82. The molecule has 1 aromatic heterocycles. The molecule has 1 saturated carbocycles. The number of rotatable bonds is 4. The topological polar surface area (TPSA) is 33.2 Å². The van der Waals surface area contributed by atoms with Gasteiger partial charge in [-0.15, -0.1) is 0 Å². The summed E-state index contributed by atoms with van der Waals surface area (Å²) < 4.78 is 0. The second-order valence-corrected chi connectivity index (χ2v) is 7.21. The normalized spacial score (nSPS) is 19.2. The number of hydrogen-bond donors (Lipinski definition) is 0. The van der Waals surface area contributed by atoms with Crippen LogP contribution in [0, 0.1) is 11.8 Å². The number of fused-ring (bicyclic) bond motifs is 1. The molecule has 2 aromatic rings. The first-order chi connectivity index (χ1) is 11.3. The van der Waals surface area contributed by atoms with Gasteiger partial charge in [-0.1, -0.05) is 12.1 Å². The minimum absolute atomic E-state index is 0.391. The zero-order valence-corrected chi connectivity index (χ0v) is 13.6. The number of aromatic nitrogens is 1. The van der Waals surface area contributed by atoms with E-state index < -0.39 is 0 Å². The minimum Gasteiger partial charge on any atom is -0.343 e. The molecule has 2 fully saturated rings. The molecule has 0 unspecified atom stereocenters. The third kappa shape index (κ3) is 3.54. The van der Waals surface area contributed by atoms with Gasteiger partial charge in [0.05, 0.1) is 5.52 Å². The monoisotopic (exact) mass is 308 g/mol. The van der Waals surface area contributed by atoms with Crippen LogP contribution in [0.5, 0.6) is 0 Å². The summed E-state index contributed by atoms with van der Waals surface area (Å²) in [6.45, 7) is 1.90. The number of piperidine rings is 1. The van der Waals surface area contributed by atoms with Crippen LogP contribution in [0.15, 0.2) is 36.5 Å². The third-order valence-electron chi connectivity index (χ3n) is 5.32. The molecule has 23 heavy (non-hydrogen) atoms. The van der Waals surface area contributed by atoms with Gasteiger partial charge in [-0.2, -0.15) is 0 Å². The molecule has 0 atom stereocenters. The maximum Gasteiger partial charge on any atom is 0.222 e. The predicted molar refractivity (Wildman–Crippen MR) is 92.1 cm³/mol. The summed E-state index contributed by atoms with van der Waals surface area (Å²) in [7, 11) is 0. The maximum absolute atomic E-state index is 12.2. The fourth-order valence-electron chi connectivity index (χ4n) is 3.67. The van der Waals surface area contributed by atoms with Crippen molar-refractivity contribution < 1.29 is 4.79 Å². The first-order valence-electron chi connectivity index (χ1n) is 8.89. The smallest absolute Gasteiger partial charge is 0.222 e. The molecule has 2 aliphatic rings. The Morgan fingerprint density at radius 1 is 1.09 bits per heavy atom. The number of amides is 1. The second kappa shape index (κ2) is 6.31. The highest BCUT2D eigenvalue weighted by Gasteiger charge is 2.29. The number of hydrogen-bond acceptors (Lipinski definition) is 2. The molecular weight excluding hydrogens is 284 g/mol. The van der Waals surface area contributed by atoms with E-state index in [1.54, 1.807) is 0 Å². The highest BCUT2D eigenvalue weighted by atomic mass is 16.2. The average molecular weight is 308 g/mol. The number of pyridine rings is 1. The standard InChI is InChI=1S/C20H24N2O/c23-20(14-15-3-4-15)22-10-7-16(8-11-22)12-17-5-6-19-18(13-17)2-1-9-21-19/h1-2,5-6,9,13,15-16H,3-4,7-8,10-12,14H2. The summed E-state index contributed by atoms with van der Waals surface area (Å²) in [5.74, 6) is 1.79. The van der Waals surface area contributed by atoms with Gasteiger partial charge >= 0.3 is 0 Å². The summed E-state index contributed by atoms with van der Waals surface area (Å²) in [6, 6.07) is 10.7. The Balaban J connectivity index is 1.33. The summed E-state index contributed by atoms with van der Waals surface area (Å²) in [5.41, 5.74) is 2.46. The van der Waals surface area contributed by atoms with Crippen LogP contribution in [0.4, 0.5) is 0 Å². The highest BCUT2D eigenvalue weighted by molar-refractivity contribution is 5.79. The van der Waals surface area contributed by atoms with E-state index in [1.165, 1.54) is 23.8 Å². The van der Waals surface area contributed by atoms with Gasteiger partial charge in [0, 0.05) is 31.1 Å². The van der Waals surface area contributed by atoms with Crippen LogP contribution in [-0.2, 0) is 11.2 Å². The highest BCUT2D eigenvalue weighted by Crippen LogP contribution is 2.33. The van der Waals surface area contributed by atoms with Crippen LogP contribution in [0.25, 0.3) is 10.9 Å². The lowest BCUT2D eigenvalue weighted by Crippen LogP contribution is -2.39. The molecule has 3 heteroatoms. The van der Waals surface area contributed by atoms with Crippen LogP contribution in [0.3, 0.4) is 0 Å². The minimum atomic E-state index is 0.391. The van der Waals surface area contributed by atoms with Gasteiger partial charge in [-0.3, -0.25) is 9.78 Å². The van der Waals surface area contributed by atoms with E-state index in [9.17, 15) is 4.79 Å². The number of benzene rings is 1. The Morgan fingerprint density at radius 3 is 2.70 bits per heavy atom. The van der Waals surface area contributed by atoms with Crippen molar-refractivity contribution in [2.24, 2.45) is 11.8 Å². The van der Waals surface area contributed by atoms with Crippen molar-refractivity contribution in [3.8, 4) is 0 Å². The second-order valence-electron chi connectivity index (χ2n) is 7.21. The van der Waals surface area contributed by atoms with E-state index in [2.05, 4.69) is 34.1 Å². The fraction of sp³-hybridized carbons (Fsp3) is 0.500. The molecule has 3 nitrogen and oxygen atoms in total. The van der Waals surface area contributed by atoms with E-state index in [-0.39, 0.29) is 0 Å².